The maximum Gasteiger partial charge on any atom is 0.228 e. The van der Waals surface area contributed by atoms with E-state index in [-0.39, 0.29) is 33.0 Å². The molecule has 108 valence electrons. The first-order valence-corrected chi connectivity index (χ1v) is 7.47. The van der Waals surface area contributed by atoms with Gasteiger partial charge in [-0.25, -0.2) is 0 Å². The maximum atomic E-state index is 12.3. The summed E-state index contributed by atoms with van der Waals surface area (Å²) in [5, 5.41) is 15.9. The fraction of sp³-hybridized carbons (Fsp3) is 0.500. The van der Waals surface area contributed by atoms with Crippen LogP contribution < -0.4 is 10.6 Å². The number of amides is 1. The fourth-order valence-corrected chi connectivity index (χ4v) is 3.55. The van der Waals surface area contributed by atoms with Gasteiger partial charge in [0.2, 0.25) is 5.91 Å². The third kappa shape index (κ3) is 2.48. The van der Waals surface area contributed by atoms with Crippen LogP contribution in [0.4, 0.5) is 5.69 Å². The van der Waals surface area contributed by atoms with Gasteiger partial charge in [0.1, 0.15) is 0 Å². The molecule has 1 aromatic rings. The number of carbonyl (C=O) groups is 1. The molecule has 1 saturated heterocycles. The van der Waals surface area contributed by atoms with E-state index in [2.05, 4.69) is 10.6 Å². The summed E-state index contributed by atoms with van der Waals surface area (Å²) >= 11 is 11.7. The van der Waals surface area contributed by atoms with Crippen LogP contribution in [0.15, 0.2) is 12.1 Å². The van der Waals surface area contributed by atoms with Crippen molar-refractivity contribution in [3.63, 3.8) is 0 Å². The second-order valence-electron chi connectivity index (χ2n) is 5.65. The van der Waals surface area contributed by atoms with Crippen molar-refractivity contribution in [2.24, 2.45) is 11.3 Å². The summed E-state index contributed by atoms with van der Waals surface area (Å²) in [7, 11) is 0. The second-order valence-corrected chi connectivity index (χ2v) is 6.46. The molecule has 2 aliphatic rings. The predicted octanol–water partition coefficient (Wildman–Crippen LogP) is 3.03. The van der Waals surface area contributed by atoms with Crippen LogP contribution in [0, 0.1) is 11.3 Å². The average molecular weight is 315 g/mol. The number of hydrogen-bond donors (Lipinski definition) is 3. The van der Waals surface area contributed by atoms with Gasteiger partial charge in [0.25, 0.3) is 0 Å². The van der Waals surface area contributed by atoms with Crippen molar-refractivity contribution in [2.75, 3.05) is 18.4 Å². The van der Waals surface area contributed by atoms with Crippen LogP contribution in [-0.4, -0.2) is 24.1 Å². The zero-order valence-electron chi connectivity index (χ0n) is 10.9. The summed E-state index contributed by atoms with van der Waals surface area (Å²) in [5.41, 5.74) is 0.721. The summed E-state index contributed by atoms with van der Waals surface area (Å²) in [6.45, 7) is 1.97. The van der Waals surface area contributed by atoms with Crippen LogP contribution >= 0.6 is 23.2 Å². The van der Waals surface area contributed by atoms with Gasteiger partial charge in [-0.05, 0) is 49.9 Å². The Balaban J connectivity index is 1.68. The van der Waals surface area contributed by atoms with Crippen molar-refractivity contribution in [3.05, 3.63) is 22.2 Å². The highest BCUT2D eigenvalue weighted by Gasteiger charge is 2.57. The summed E-state index contributed by atoms with van der Waals surface area (Å²) in [4.78, 5) is 12.3. The number of piperidine rings is 1. The van der Waals surface area contributed by atoms with Crippen molar-refractivity contribution < 1.29 is 9.90 Å². The first-order chi connectivity index (χ1) is 9.52. The maximum absolute atomic E-state index is 12.3. The number of hydrogen-bond acceptors (Lipinski definition) is 3. The van der Waals surface area contributed by atoms with Gasteiger partial charge in [-0.15, -0.1) is 0 Å². The van der Waals surface area contributed by atoms with Crippen LogP contribution in [0.3, 0.4) is 0 Å². The summed E-state index contributed by atoms with van der Waals surface area (Å²) in [6.07, 6.45) is 3.07. The van der Waals surface area contributed by atoms with E-state index in [1.165, 1.54) is 12.1 Å². The van der Waals surface area contributed by atoms with Crippen molar-refractivity contribution in [3.8, 4) is 5.75 Å². The number of phenolic OH excluding ortho intramolecular Hbond substituents is 1. The van der Waals surface area contributed by atoms with Gasteiger partial charge < -0.3 is 15.7 Å². The zero-order valence-corrected chi connectivity index (χ0v) is 12.4. The van der Waals surface area contributed by atoms with E-state index in [1.54, 1.807) is 0 Å². The molecule has 1 atom stereocenters. The lowest BCUT2D eigenvalue weighted by atomic mass is 9.92. The quantitative estimate of drug-likeness (QED) is 0.735. The number of nitrogens with one attached hydrogen (secondary N) is 2. The lowest BCUT2D eigenvalue weighted by molar-refractivity contribution is -0.118. The number of benzene rings is 1. The molecule has 1 aliphatic heterocycles. The number of anilines is 1. The first-order valence-electron chi connectivity index (χ1n) is 6.71. The van der Waals surface area contributed by atoms with Crippen LogP contribution in [0.5, 0.6) is 5.75 Å². The van der Waals surface area contributed by atoms with E-state index in [0.29, 0.717) is 5.69 Å². The summed E-state index contributed by atoms with van der Waals surface area (Å²) < 4.78 is 0. The van der Waals surface area contributed by atoms with Crippen LogP contribution in [0.2, 0.25) is 10.0 Å². The molecule has 4 nitrogen and oxygen atoms in total. The molecule has 1 heterocycles. The minimum absolute atomic E-state index is 0.0183. The number of rotatable bonds is 2. The molecule has 3 rings (SSSR count). The van der Waals surface area contributed by atoms with Gasteiger partial charge in [0.05, 0.1) is 10.0 Å². The minimum Gasteiger partial charge on any atom is -0.505 e. The molecule has 0 aromatic heterocycles. The molecular formula is C14H16Cl2N2O2. The number of halogens is 2. The molecule has 1 amide bonds. The Morgan fingerprint density at radius 2 is 1.90 bits per heavy atom. The van der Waals surface area contributed by atoms with Gasteiger partial charge in [0, 0.05) is 11.6 Å². The third-order valence-electron chi connectivity index (χ3n) is 4.39. The smallest absolute Gasteiger partial charge is 0.228 e. The van der Waals surface area contributed by atoms with E-state index >= 15 is 0 Å². The average Bonchev–Trinajstić information content (AvgIpc) is 3.10. The molecule has 3 N–H and O–H groups in total. The Morgan fingerprint density at radius 1 is 1.30 bits per heavy atom. The van der Waals surface area contributed by atoms with E-state index < -0.39 is 0 Å². The Hall–Kier alpha value is -0.970. The lowest BCUT2D eigenvalue weighted by Gasteiger charge is -2.23. The Kier molecular flexibility index (Phi) is 3.56. The molecule has 1 spiro atoms. The van der Waals surface area contributed by atoms with Gasteiger partial charge in [-0.2, -0.15) is 0 Å². The van der Waals surface area contributed by atoms with E-state index in [1.807, 2.05) is 0 Å². The number of carbonyl (C=O) groups excluding carboxylic acids is 1. The predicted molar refractivity (Wildman–Crippen MR) is 79.4 cm³/mol. The van der Waals surface area contributed by atoms with Gasteiger partial charge in [0.15, 0.2) is 5.75 Å². The topological polar surface area (TPSA) is 61.4 Å². The molecule has 0 radical (unpaired) electrons. The molecule has 0 bridgehead atoms. The first kappa shape index (κ1) is 14.0. The number of phenols is 1. The standard InChI is InChI=1S/C14H16Cl2N2O2/c15-10-5-8(6-11(16)12(10)19)18-13(20)9-7-14(9)1-3-17-4-2-14/h5-6,9,17,19H,1-4,7H2,(H,18,20). The highest BCUT2D eigenvalue weighted by molar-refractivity contribution is 6.37. The normalized spacial score (nSPS) is 23.6. The molecule has 1 saturated carbocycles. The fourth-order valence-electron chi connectivity index (χ4n) is 3.06. The zero-order chi connectivity index (χ0) is 14.3. The molecular weight excluding hydrogens is 299 g/mol. The Bertz CT molecular complexity index is 533. The molecule has 6 heteroatoms. The van der Waals surface area contributed by atoms with Gasteiger partial charge in [-0.1, -0.05) is 23.2 Å². The Labute approximate surface area is 127 Å². The lowest BCUT2D eigenvalue weighted by Crippen LogP contribution is -2.31. The highest BCUT2D eigenvalue weighted by atomic mass is 35.5. The van der Waals surface area contributed by atoms with Crippen LogP contribution in [-0.2, 0) is 4.79 Å². The van der Waals surface area contributed by atoms with E-state index in [9.17, 15) is 9.90 Å². The summed E-state index contributed by atoms with van der Waals surface area (Å²) in [6, 6.07) is 3.02. The molecule has 1 aromatic carbocycles. The van der Waals surface area contributed by atoms with Crippen molar-refractivity contribution in [2.45, 2.75) is 19.3 Å². The van der Waals surface area contributed by atoms with Crippen LogP contribution in [0.25, 0.3) is 0 Å². The highest BCUT2D eigenvalue weighted by Crippen LogP contribution is 2.58. The minimum atomic E-state index is -0.160. The largest absolute Gasteiger partial charge is 0.505 e. The molecule has 2 fully saturated rings. The SMILES string of the molecule is O=C(Nc1cc(Cl)c(O)c(Cl)c1)C1CC12CCNCC2. The van der Waals surface area contributed by atoms with E-state index in [4.69, 9.17) is 23.2 Å². The van der Waals surface area contributed by atoms with Gasteiger partial charge in [-0.3, -0.25) is 4.79 Å². The van der Waals surface area contributed by atoms with Crippen molar-refractivity contribution in [1.82, 2.24) is 5.32 Å². The third-order valence-corrected chi connectivity index (χ3v) is 4.97. The van der Waals surface area contributed by atoms with Crippen molar-refractivity contribution >= 4 is 34.8 Å². The molecule has 1 unspecified atom stereocenters. The molecule has 20 heavy (non-hydrogen) atoms. The number of aromatic hydroxyl groups is 1. The van der Waals surface area contributed by atoms with Crippen molar-refractivity contribution in [1.29, 1.82) is 0 Å². The second kappa shape index (κ2) is 5.10. The Morgan fingerprint density at radius 3 is 2.50 bits per heavy atom. The summed E-state index contributed by atoms with van der Waals surface area (Å²) in [5.74, 6) is -0.0618. The van der Waals surface area contributed by atoms with Crippen LogP contribution in [0.1, 0.15) is 19.3 Å². The van der Waals surface area contributed by atoms with Gasteiger partial charge >= 0.3 is 0 Å². The monoisotopic (exact) mass is 314 g/mol. The molecule has 1 aliphatic carbocycles. The van der Waals surface area contributed by atoms with E-state index in [0.717, 1.165) is 32.4 Å².